The van der Waals surface area contributed by atoms with Crippen LogP contribution in [-0.2, 0) is 0 Å². The van der Waals surface area contributed by atoms with Crippen LogP contribution in [0.2, 0.25) is 0 Å². The maximum atomic E-state index is 11.0. The molecule has 0 saturated heterocycles. The molecule has 21 heavy (non-hydrogen) atoms. The van der Waals surface area contributed by atoms with Gasteiger partial charge in [0.15, 0.2) is 5.75 Å². The summed E-state index contributed by atoms with van der Waals surface area (Å²) in [4.78, 5) is 10.6. The van der Waals surface area contributed by atoms with Crippen LogP contribution in [0.1, 0.15) is 46.5 Å². The molecule has 5 heteroatoms. The van der Waals surface area contributed by atoms with E-state index in [4.69, 9.17) is 4.74 Å². The summed E-state index contributed by atoms with van der Waals surface area (Å²) in [6.45, 7) is 7.78. The fraction of sp³-hybridized carbons (Fsp3) is 0.625. The molecule has 0 unspecified atom stereocenters. The quantitative estimate of drug-likeness (QED) is 0.388. The molecule has 1 aromatic carbocycles. The highest BCUT2D eigenvalue weighted by Gasteiger charge is 2.15. The molecule has 0 radical (unpaired) electrons. The van der Waals surface area contributed by atoms with Gasteiger partial charge >= 0.3 is 5.69 Å². The van der Waals surface area contributed by atoms with Crippen LogP contribution in [0.4, 0.5) is 11.4 Å². The molecule has 0 spiro atoms. The molecule has 0 amide bonds. The number of nitro benzene ring substituents is 1. The number of nitrogens with one attached hydrogen (secondary N) is 1. The van der Waals surface area contributed by atoms with Gasteiger partial charge in [0.25, 0.3) is 0 Å². The van der Waals surface area contributed by atoms with E-state index in [1.807, 2.05) is 6.92 Å². The van der Waals surface area contributed by atoms with Gasteiger partial charge in [0, 0.05) is 24.4 Å². The maximum absolute atomic E-state index is 11.0. The van der Waals surface area contributed by atoms with E-state index in [1.165, 1.54) is 18.9 Å². The average Bonchev–Trinajstić information content (AvgIpc) is 2.44. The second kappa shape index (κ2) is 9.21. The van der Waals surface area contributed by atoms with Crippen molar-refractivity contribution in [2.75, 3.05) is 18.5 Å². The number of anilines is 1. The molecule has 1 N–H and O–H groups in total. The number of unbranched alkanes of at least 4 members (excludes halogenated alkanes) is 1. The highest BCUT2D eigenvalue weighted by atomic mass is 16.6. The molecule has 1 aromatic rings. The van der Waals surface area contributed by atoms with Gasteiger partial charge in [-0.05, 0) is 24.8 Å². The highest BCUT2D eigenvalue weighted by molar-refractivity contribution is 5.57. The van der Waals surface area contributed by atoms with Gasteiger partial charge in [-0.25, -0.2) is 0 Å². The van der Waals surface area contributed by atoms with E-state index in [0.29, 0.717) is 12.4 Å². The molecule has 1 rings (SSSR count). The Balaban J connectivity index is 2.56. The molecular weight excluding hydrogens is 268 g/mol. The van der Waals surface area contributed by atoms with Crippen molar-refractivity contribution in [3.8, 4) is 5.75 Å². The first-order chi connectivity index (χ1) is 10.0. The van der Waals surface area contributed by atoms with Gasteiger partial charge < -0.3 is 10.1 Å². The monoisotopic (exact) mass is 294 g/mol. The summed E-state index contributed by atoms with van der Waals surface area (Å²) in [5.41, 5.74) is 0.894. The van der Waals surface area contributed by atoms with Gasteiger partial charge in [-0.1, -0.05) is 33.6 Å². The minimum atomic E-state index is -0.405. The molecule has 0 aromatic heterocycles. The van der Waals surface area contributed by atoms with Crippen molar-refractivity contribution in [3.05, 3.63) is 28.3 Å². The van der Waals surface area contributed by atoms with Crippen molar-refractivity contribution in [1.29, 1.82) is 0 Å². The van der Waals surface area contributed by atoms with Gasteiger partial charge in [-0.2, -0.15) is 0 Å². The Morgan fingerprint density at radius 1 is 1.33 bits per heavy atom. The van der Waals surface area contributed by atoms with Crippen molar-refractivity contribution < 1.29 is 9.66 Å². The smallest absolute Gasteiger partial charge is 0.311 e. The lowest BCUT2D eigenvalue weighted by atomic mass is 10.1. The van der Waals surface area contributed by atoms with E-state index in [9.17, 15) is 10.1 Å². The molecule has 0 heterocycles. The minimum absolute atomic E-state index is 0.0220. The third-order valence-corrected chi connectivity index (χ3v) is 3.16. The van der Waals surface area contributed by atoms with E-state index in [-0.39, 0.29) is 5.69 Å². The Morgan fingerprint density at radius 3 is 2.71 bits per heavy atom. The number of rotatable bonds is 10. The summed E-state index contributed by atoms with van der Waals surface area (Å²) in [7, 11) is 0. The summed E-state index contributed by atoms with van der Waals surface area (Å²) < 4.78 is 5.47. The lowest BCUT2D eigenvalue weighted by Gasteiger charge is -2.10. The molecule has 0 aliphatic rings. The zero-order chi connectivity index (χ0) is 15.7. The fourth-order valence-corrected chi connectivity index (χ4v) is 2.01. The van der Waals surface area contributed by atoms with E-state index in [1.54, 1.807) is 12.1 Å². The molecule has 0 saturated carbocycles. The number of nitro groups is 1. The lowest BCUT2D eigenvalue weighted by molar-refractivity contribution is -0.385. The van der Waals surface area contributed by atoms with Crippen LogP contribution in [0.25, 0.3) is 0 Å². The van der Waals surface area contributed by atoms with Crippen molar-refractivity contribution >= 4 is 11.4 Å². The minimum Gasteiger partial charge on any atom is -0.487 e. The van der Waals surface area contributed by atoms with Crippen molar-refractivity contribution in [3.63, 3.8) is 0 Å². The predicted molar refractivity (Wildman–Crippen MR) is 86.1 cm³/mol. The van der Waals surface area contributed by atoms with Crippen LogP contribution in [0.15, 0.2) is 18.2 Å². The van der Waals surface area contributed by atoms with Crippen molar-refractivity contribution in [2.24, 2.45) is 5.92 Å². The van der Waals surface area contributed by atoms with Gasteiger partial charge in [-0.3, -0.25) is 10.1 Å². The molecule has 118 valence electrons. The Morgan fingerprint density at radius 2 is 2.10 bits per heavy atom. The number of benzene rings is 1. The van der Waals surface area contributed by atoms with Crippen LogP contribution in [-0.4, -0.2) is 18.1 Å². The SMILES string of the molecule is CCCOc1cc(NCCCCC(C)C)ccc1[N+](=O)[O-]. The van der Waals surface area contributed by atoms with Crippen molar-refractivity contribution in [1.82, 2.24) is 0 Å². The highest BCUT2D eigenvalue weighted by Crippen LogP contribution is 2.30. The Labute approximate surface area is 126 Å². The molecule has 0 bridgehead atoms. The van der Waals surface area contributed by atoms with Crippen LogP contribution in [0.5, 0.6) is 5.75 Å². The van der Waals surface area contributed by atoms with E-state index in [0.717, 1.165) is 31.0 Å². The topological polar surface area (TPSA) is 64.4 Å². The van der Waals surface area contributed by atoms with Crippen LogP contribution < -0.4 is 10.1 Å². The standard InChI is InChI=1S/C16H26N2O3/c1-4-11-21-16-12-14(8-9-15(16)18(19)20)17-10-6-5-7-13(2)3/h8-9,12-13,17H,4-7,10-11H2,1-3H3. The number of nitrogens with zero attached hydrogens (tertiary/aromatic N) is 1. The first-order valence-corrected chi connectivity index (χ1v) is 7.69. The molecule has 0 aliphatic carbocycles. The normalized spacial score (nSPS) is 10.7. The van der Waals surface area contributed by atoms with E-state index >= 15 is 0 Å². The summed E-state index contributed by atoms with van der Waals surface area (Å²) >= 11 is 0. The fourth-order valence-electron chi connectivity index (χ4n) is 2.01. The second-order valence-electron chi connectivity index (χ2n) is 5.60. The molecule has 5 nitrogen and oxygen atoms in total. The first kappa shape index (κ1) is 17.3. The Hall–Kier alpha value is -1.78. The average molecular weight is 294 g/mol. The molecule has 0 fully saturated rings. The molecule has 0 atom stereocenters. The third kappa shape index (κ3) is 6.47. The van der Waals surface area contributed by atoms with Gasteiger partial charge in [-0.15, -0.1) is 0 Å². The first-order valence-electron chi connectivity index (χ1n) is 7.69. The van der Waals surface area contributed by atoms with Crippen LogP contribution in [0, 0.1) is 16.0 Å². The largest absolute Gasteiger partial charge is 0.487 e. The van der Waals surface area contributed by atoms with Crippen LogP contribution >= 0.6 is 0 Å². The number of ether oxygens (including phenoxy) is 1. The van der Waals surface area contributed by atoms with Gasteiger partial charge in [0.2, 0.25) is 0 Å². The maximum Gasteiger partial charge on any atom is 0.311 e. The van der Waals surface area contributed by atoms with Gasteiger partial charge in [0.1, 0.15) is 0 Å². The summed E-state index contributed by atoms with van der Waals surface area (Å²) in [6, 6.07) is 4.96. The van der Waals surface area contributed by atoms with E-state index < -0.39 is 4.92 Å². The Bertz CT molecular complexity index is 447. The molecular formula is C16H26N2O3. The van der Waals surface area contributed by atoms with E-state index in [2.05, 4.69) is 19.2 Å². The molecule has 0 aliphatic heterocycles. The third-order valence-electron chi connectivity index (χ3n) is 3.16. The predicted octanol–water partition coefficient (Wildman–Crippen LogP) is 4.62. The number of hydrogen-bond donors (Lipinski definition) is 1. The summed E-state index contributed by atoms with van der Waals surface area (Å²) in [6.07, 6.45) is 4.34. The van der Waals surface area contributed by atoms with Crippen LogP contribution in [0.3, 0.4) is 0 Å². The Kier molecular flexibility index (Phi) is 7.58. The van der Waals surface area contributed by atoms with Crippen molar-refractivity contribution in [2.45, 2.75) is 46.5 Å². The zero-order valence-electron chi connectivity index (χ0n) is 13.2. The van der Waals surface area contributed by atoms with Gasteiger partial charge in [0.05, 0.1) is 11.5 Å². The second-order valence-corrected chi connectivity index (χ2v) is 5.60. The zero-order valence-corrected chi connectivity index (χ0v) is 13.2. The lowest BCUT2D eigenvalue weighted by Crippen LogP contribution is -2.04. The summed E-state index contributed by atoms with van der Waals surface area (Å²) in [5, 5.41) is 14.3. The summed E-state index contributed by atoms with van der Waals surface area (Å²) in [5.74, 6) is 1.08. The number of hydrogen-bond acceptors (Lipinski definition) is 4.